The van der Waals surface area contributed by atoms with E-state index in [2.05, 4.69) is 10.1 Å². The number of carbonyl (C=O) groups excluding carboxylic acids is 1. The van der Waals surface area contributed by atoms with Gasteiger partial charge in [-0.15, -0.1) is 11.8 Å². The fourth-order valence-electron chi connectivity index (χ4n) is 3.23. The first-order valence-electron chi connectivity index (χ1n) is 8.02. The van der Waals surface area contributed by atoms with E-state index < -0.39 is 0 Å². The molecule has 4 rings (SSSR count). The number of hydrogen-bond donors (Lipinski definition) is 0. The van der Waals surface area contributed by atoms with Gasteiger partial charge in [-0.3, -0.25) is 9.78 Å². The molecule has 1 atom stereocenters. The molecule has 0 N–H and O–H groups in total. The molecular weight excluding hydrogens is 326 g/mol. The second kappa shape index (κ2) is 6.22. The van der Waals surface area contributed by atoms with Crippen LogP contribution in [0.1, 0.15) is 28.4 Å². The third-order valence-corrected chi connectivity index (χ3v) is 6.03. The molecule has 2 aromatic heterocycles. The van der Waals surface area contributed by atoms with E-state index >= 15 is 0 Å². The van der Waals surface area contributed by atoms with Crippen LogP contribution in [-0.4, -0.2) is 50.6 Å². The predicted molar refractivity (Wildman–Crippen MR) is 89.8 cm³/mol. The van der Waals surface area contributed by atoms with Crippen molar-refractivity contribution in [3.63, 3.8) is 0 Å². The highest BCUT2D eigenvalue weighted by molar-refractivity contribution is 8.01. The van der Waals surface area contributed by atoms with Crippen molar-refractivity contribution < 1.29 is 14.1 Å². The zero-order chi connectivity index (χ0) is 16.6. The number of ether oxygens (including phenoxy) is 1. The van der Waals surface area contributed by atoms with Gasteiger partial charge in [0, 0.05) is 31.1 Å². The first kappa shape index (κ1) is 15.7. The van der Waals surface area contributed by atoms with Gasteiger partial charge in [-0.2, -0.15) is 0 Å². The number of rotatable bonds is 4. The molecular formula is C17H19N3O3S. The monoisotopic (exact) mass is 345 g/mol. The minimum Gasteiger partial charge on any atom is -0.371 e. The van der Waals surface area contributed by atoms with Crippen LogP contribution in [0.3, 0.4) is 0 Å². The Hall–Kier alpha value is -1.86. The highest BCUT2D eigenvalue weighted by atomic mass is 32.2. The molecule has 0 bridgehead atoms. The van der Waals surface area contributed by atoms with Crippen LogP contribution >= 0.6 is 11.8 Å². The maximum atomic E-state index is 12.3. The molecule has 0 unspecified atom stereocenters. The summed E-state index contributed by atoms with van der Waals surface area (Å²) >= 11 is 1.91. The topological polar surface area (TPSA) is 68.5 Å². The van der Waals surface area contributed by atoms with Gasteiger partial charge in [0.05, 0.1) is 28.8 Å². The number of hydrogen-bond acceptors (Lipinski definition) is 6. The molecule has 1 amide bonds. The van der Waals surface area contributed by atoms with E-state index in [0.29, 0.717) is 12.4 Å². The fraction of sp³-hybridized carbons (Fsp3) is 0.471. The van der Waals surface area contributed by atoms with Gasteiger partial charge in [-0.1, -0.05) is 11.2 Å². The van der Waals surface area contributed by atoms with E-state index in [-0.39, 0.29) is 16.8 Å². The summed E-state index contributed by atoms with van der Waals surface area (Å²) in [7, 11) is 0. The lowest BCUT2D eigenvalue weighted by atomic mass is 9.92. The van der Waals surface area contributed by atoms with E-state index in [0.717, 1.165) is 36.7 Å². The third-order valence-electron chi connectivity index (χ3n) is 4.45. The van der Waals surface area contributed by atoms with Crippen LogP contribution in [0.5, 0.6) is 0 Å². The average Bonchev–Trinajstić information content (AvgIpc) is 3.18. The number of aromatic nitrogens is 2. The SMILES string of the molecule is Cc1cc(C(=O)N2CC3(C[C@@H](OCc4ccccn4)CS3)C2)on1. The van der Waals surface area contributed by atoms with Crippen LogP contribution < -0.4 is 0 Å². The van der Waals surface area contributed by atoms with Crippen LogP contribution in [0.4, 0.5) is 0 Å². The number of likely N-dealkylation sites (tertiary alicyclic amines) is 1. The highest BCUT2D eigenvalue weighted by Crippen LogP contribution is 2.46. The van der Waals surface area contributed by atoms with Crippen molar-refractivity contribution >= 4 is 17.7 Å². The van der Waals surface area contributed by atoms with Gasteiger partial charge in [-0.25, -0.2) is 0 Å². The molecule has 24 heavy (non-hydrogen) atoms. The summed E-state index contributed by atoms with van der Waals surface area (Å²) in [4.78, 5) is 18.4. The van der Waals surface area contributed by atoms with Gasteiger partial charge in [-0.05, 0) is 25.5 Å². The number of nitrogens with zero attached hydrogens (tertiary/aromatic N) is 3. The Morgan fingerprint density at radius 1 is 1.50 bits per heavy atom. The van der Waals surface area contributed by atoms with Gasteiger partial charge >= 0.3 is 0 Å². The standard InChI is InChI=1S/C17H19N3O3S/c1-12-6-15(23-19-12)16(21)20-10-17(11-20)7-14(9-24-17)22-8-13-4-2-3-5-18-13/h2-6,14H,7-11H2,1H3/t14-/m1/s1. The summed E-state index contributed by atoms with van der Waals surface area (Å²) in [6.45, 7) is 3.86. The minimum atomic E-state index is -0.0697. The largest absolute Gasteiger partial charge is 0.371 e. The Balaban J connectivity index is 1.28. The minimum absolute atomic E-state index is 0.0697. The Kier molecular flexibility index (Phi) is 4.05. The molecule has 2 aliphatic rings. The van der Waals surface area contributed by atoms with E-state index in [1.807, 2.05) is 41.8 Å². The van der Waals surface area contributed by atoms with E-state index in [1.54, 1.807) is 12.3 Å². The zero-order valence-corrected chi connectivity index (χ0v) is 14.3. The Bertz CT molecular complexity index is 728. The molecule has 0 radical (unpaired) electrons. The number of amides is 1. The normalized spacial score (nSPS) is 21.9. The van der Waals surface area contributed by atoms with Crippen molar-refractivity contribution in [1.82, 2.24) is 15.0 Å². The summed E-state index contributed by atoms with van der Waals surface area (Å²) in [5.41, 5.74) is 1.68. The summed E-state index contributed by atoms with van der Waals surface area (Å²) in [6, 6.07) is 7.53. The smallest absolute Gasteiger partial charge is 0.292 e. The van der Waals surface area contributed by atoms with Gasteiger partial charge < -0.3 is 14.2 Å². The average molecular weight is 345 g/mol. The van der Waals surface area contributed by atoms with E-state index in [1.165, 1.54) is 0 Å². The molecule has 0 aliphatic carbocycles. The molecule has 6 nitrogen and oxygen atoms in total. The highest BCUT2D eigenvalue weighted by Gasteiger charge is 2.51. The van der Waals surface area contributed by atoms with E-state index in [9.17, 15) is 4.79 Å². The second-order valence-electron chi connectivity index (χ2n) is 6.45. The molecule has 2 aliphatic heterocycles. The van der Waals surface area contributed by atoms with Crippen molar-refractivity contribution in [2.45, 2.75) is 30.8 Å². The quantitative estimate of drug-likeness (QED) is 0.847. The number of aryl methyl sites for hydroxylation is 1. The zero-order valence-electron chi connectivity index (χ0n) is 13.5. The Labute approximate surface area is 144 Å². The molecule has 0 aromatic carbocycles. The molecule has 126 valence electrons. The Morgan fingerprint density at radius 3 is 3.08 bits per heavy atom. The molecule has 2 saturated heterocycles. The fourth-order valence-corrected chi connectivity index (χ4v) is 4.78. The third kappa shape index (κ3) is 3.06. The summed E-state index contributed by atoms with van der Waals surface area (Å²) in [5.74, 6) is 1.23. The van der Waals surface area contributed by atoms with Crippen LogP contribution in [0.25, 0.3) is 0 Å². The summed E-state index contributed by atoms with van der Waals surface area (Å²) in [5, 5.41) is 3.78. The van der Waals surface area contributed by atoms with Gasteiger partial charge in [0.15, 0.2) is 0 Å². The van der Waals surface area contributed by atoms with Crippen molar-refractivity contribution in [3.05, 3.63) is 47.6 Å². The lowest BCUT2D eigenvalue weighted by molar-refractivity contribution is 0.0230. The van der Waals surface area contributed by atoms with E-state index in [4.69, 9.17) is 9.26 Å². The first-order valence-corrected chi connectivity index (χ1v) is 9.00. The van der Waals surface area contributed by atoms with Gasteiger partial charge in [0.2, 0.25) is 5.76 Å². The van der Waals surface area contributed by atoms with Crippen molar-refractivity contribution in [3.8, 4) is 0 Å². The van der Waals surface area contributed by atoms with Crippen LogP contribution in [0, 0.1) is 6.92 Å². The summed E-state index contributed by atoms with van der Waals surface area (Å²) in [6.07, 6.45) is 2.98. The maximum Gasteiger partial charge on any atom is 0.292 e. The first-order chi connectivity index (χ1) is 11.6. The number of carbonyl (C=O) groups is 1. The van der Waals surface area contributed by atoms with Crippen LogP contribution in [0.15, 0.2) is 35.0 Å². The predicted octanol–water partition coefficient (Wildman–Crippen LogP) is 2.29. The van der Waals surface area contributed by atoms with Gasteiger partial charge in [0.1, 0.15) is 0 Å². The Morgan fingerprint density at radius 2 is 2.38 bits per heavy atom. The lowest BCUT2D eigenvalue weighted by Gasteiger charge is -2.46. The molecule has 1 spiro atoms. The van der Waals surface area contributed by atoms with Crippen molar-refractivity contribution in [2.75, 3.05) is 18.8 Å². The van der Waals surface area contributed by atoms with Crippen LogP contribution in [0.2, 0.25) is 0 Å². The van der Waals surface area contributed by atoms with Gasteiger partial charge in [0.25, 0.3) is 5.91 Å². The maximum absolute atomic E-state index is 12.3. The summed E-state index contributed by atoms with van der Waals surface area (Å²) < 4.78 is 11.2. The van der Waals surface area contributed by atoms with Crippen LogP contribution in [-0.2, 0) is 11.3 Å². The lowest BCUT2D eigenvalue weighted by Crippen LogP contribution is -2.60. The molecule has 4 heterocycles. The molecule has 2 aromatic rings. The van der Waals surface area contributed by atoms with Crippen molar-refractivity contribution in [1.29, 1.82) is 0 Å². The molecule has 7 heteroatoms. The molecule has 0 saturated carbocycles. The second-order valence-corrected chi connectivity index (χ2v) is 7.93. The number of pyridine rings is 1. The van der Waals surface area contributed by atoms with Crippen molar-refractivity contribution in [2.24, 2.45) is 0 Å². The number of thioether (sulfide) groups is 1. The molecule has 2 fully saturated rings.